The SMILES string of the molecule is COc1ccc(C2=NO[C@@H](COc3ccccc3NC(C)=O)C2)cc1OC. The number of ether oxygens (including phenoxy) is 3. The molecule has 1 aliphatic heterocycles. The summed E-state index contributed by atoms with van der Waals surface area (Å²) in [6.07, 6.45) is 0.399. The fourth-order valence-electron chi connectivity index (χ4n) is 2.77. The van der Waals surface area contributed by atoms with Crippen LogP contribution in [0.4, 0.5) is 5.69 Å². The number of benzene rings is 2. The number of nitrogens with one attached hydrogen (secondary N) is 1. The molecule has 0 bridgehead atoms. The highest BCUT2D eigenvalue weighted by molar-refractivity contribution is 6.01. The van der Waals surface area contributed by atoms with Crippen LogP contribution in [-0.2, 0) is 9.63 Å². The van der Waals surface area contributed by atoms with Crippen LogP contribution in [0.3, 0.4) is 0 Å². The van der Waals surface area contributed by atoms with E-state index in [1.165, 1.54) is 6.92 Å². The van der Waals surface area contributed by atoms with Crippen LogP contribution in [0.5, 0.6) is 17.2 Å². The summed E-state index contributed by atoms with van der Waals surface area (Å²) in [5.74, 6) is 1.75. The van der Waals surface area contributed by atoms with Gasteiger partial charge in [0.2, 0.25) is 5.91 Å². The number of anilines is 1. The van der Waals surface area contributed by atoms with Crippen molar-refractivity contribution in [2.24, 2.45) is 5.16 Å². The van der Waals surface area contributed by atoms with Crippen molar-refractivity contribution in [2.45, 2.75) is 19.4 Å². The maximum absolute atomic E-state index is 11.3. The lowest BCUT2D eigenvalue weighted by Gasteiger charge is -2.14. The van der Waals surface area contributed by atoms with E-state index < -0.39 is 0 Å². The third-order valence-electron chi connectivity index (χ3n) is 4.07. The lowest BCUT2D eigenvalue weighted by atomic mass is 10.0. The fraction of sp³-hybridized carbons (Fsp3) is 0.300. The van der Waals surface area contributed by atoms with Crippen molar-refractivity contribution >= 4 is 17.3 Å². The molecule has 27 heavy (non-hydrogen) atoms. The Kier molecular flexibility index (Phi) is 5.80. The molecule has 0 radical (unpaired) electrons. The highest BCUT2D eigenvalue weighted by Gasteiger charge is 2.24. The van der Waals surface area contributed by atoms with E-state index in [1.807, 2.05) is 30.3 Å². The van der Waals surface area contributed by atoms with Gasteiger partial charge in [-0.25, -0.2) is 0 Å². The van der Waals surface area contributed by atoms with Gasteiger partial charge in [-0.3, -0.25) is 4.79 Å². The van der Waals surface area contributed by atoms with Crippen LogP contribution >= 0.6 is 0 Å². The zero-order valence-electron chi connectivity index (χ0n) is 15.5. The largest absolute Gasteiger partial charge is 0.493 e. The summed E-state index contributed by atoms with van der Waals surface area (Å²) in [6.45, 7) is 1.77. The van der Waals surface area contributed by atoms with Crippen LogP contribution in [0.2, 0.25) is 0 Å². The molecular weight excluding hydrogens is 348 g/mol. The Labute approximate surface area is 157 Å². The van der Waals surface area contributed by atoms with E-state index in [-0.39, 0.29) is 12.0 Å². The molecule has 0 unspecified atom stereocenters. The second-order valence-electron chi connectivity index (χ2n) is 6.03. The van der Waals surface area contributed by atoms with Gasteiger partial charge in [0.25, 0.3) is 0 Å². The molecule has 1 N–H and O–H groups in total. The predicted octanol–water partition coefficient (Wildman–Crippen LogP) is 3.23. The lowest BCUT2D eigenvalue weighted by molar-refractivity contribution is -0.114. The topological polar surface area (TPSA) is 78.4 Å². The second kappa shape index (κ2) is 8.44. The van der Waals surface area contributed by atoms with Crippen molar-refractivity contribution in [1.82, 2.24) is 0 Å². The van der Waals surface area contributed by atoms with E-state index in [1.54, 1.807) is 26.4 Å². The monoisotopic (exact) mass is 370 g/mol. The molecule has 1 atom stereocenters. The number of hydrogen-bond donors (Lipinski definition) is 1. The second-order valence-corrected chi connectivity index (χ2v) is 6.03. The Bertz CT molecular complexity index is 850. The zero-order chi connectivity index (χ0) is 19.2. The van der Waals surface area contributed by atoms with Crippen LogP contribution < -0.4 is 19.5 Å². The number of rotatable bonds is 7. The Hall–Kier alpha value is -3.22. The molecule has 1 aliphatic rings. The first-order valence-electron chi connectivity index (χ1n) is 8.55. The molecule has 0 saturated carbocycles. The van der Waals surface area contributed by atoms with E-state index in [0.29, 0.717) is 36.0 Å². The van der Waals surface area contributed by atoms with Crippen LogP contribution in [0.1, 0.15) is 18.9 Å². The van der Waals surface area contributed by atoms with E-state index in [4.69, 9.17) is 19.0 Å². The van der Waals surface area contributed by atoms with E-state index in [0.717, 1.165) is 11.3 Å². The first kappa shape index (κ1) is 18.6. The molecule has 0 aliphatic carbocycles. The van der Waals surface area contributed by atoms with Crippen molar-refractivity contribution < 1.29 is 23.8 Å². The van der Waals surface area contributed by atoms with Crippen molar-refractivity contribution in [3.05, 3.63) is 48.0 Å². The average Bonchev–Trinajstić information content (AvgIpc) is 3.15. The minimum atomic E-state index is -0.210. The van der Waals surface area contributed by atoms with Crippen molar-refractivity contribution in [3.8, 4) is 17.2 Å². The maximum Gasteiger partial charge on any atom is 0.221 e. The summed E-state index contributed by atoms with van der Waals surface area (Å²) in [7, 11) is 3.19. The fourth-order valence-corrected chi connectivity index (χ4v) is 2.77. The van der Waals surface area contributed by atoms with Gasteiger partial charge in [-0.15, -0.1) is 0 Å². The highest BCUT2D eigenvalue weighted by atomic mass is 16.7. The van der Waals surface area contributed by atoms with Crippen LogP contribution in [0.15, 0.2) is 47.6 Å². The summed E-state index contributed by atoms with van der Waals surface area (Å²) in [5, 5.41) is 6.92. The summed E-state index contributed by atoms with van der Waals surface area (Å²) in [5.41, 5.74) is 2.36. The summed E-state index contributed by atoms with van der Waals surface area (Å²) < 4.78 is 16.4. The highest BCUT2D eigenvalue weighted by Crippen LogP contribution is 2.30. The molecule has 7 nitrogen and oxygen atoms in total. The number of oxime groups is 1. The van der Waals surface area contributed by atoms with Gasteiger partial charge in [0, 0.05) is 18.9 Å². The van der Waals surface area contributed by atoms with Gasteiger partial charge in [-0.2, -0.15) is 0 Å². The minimum absolute atomic E-state index is 0.151. The molecule has 2 aromatic carbocycles. The van der Waals surface area contributed by atoms with E-state index >= 15 is 0 Å². The summed E-state index contributed by atoms with van der Waals surface area (Å²) in [6, 6.07) is 12.9. The third-order valence-corrected chi connectivity index (χ3v) is 4.07. The van der Waals surface area contributed by atoms with Crippen LogP contribution in [0, 0.1) is 0 Å². The summed E-state index contributed by atoms with van der Waals surface area (Å²) in [4.78, 5) is 16.8. The average molecular weight is 370 g/mol. The Balaban J connectivity index is 1.61. The number of carbonyl (C=O) groups is 1. The van der Waals surface area contributed by atoms with Crippen LogP contribution in [-0.4, -0.2) is 38.5 Å². The Morgan fingerprint density at radius 3 is 2.67 bits per heavy atom. The molecule has 0 spiro atoms. The smallest absolute Gasteiger partial charge is 0.221 e. The van der Waals surface area contributed by atoms with E-state index in [9.17, 15) is 4.79 Å². The van der Waals surface area contributed by atoms with Crippen molar-refractivity contribution in [3.63, 3.8) is 0 Å². The third kappa shape index (κ3) is 4.49. The summed E-state index contributed by atoms with van der Waals surface area (Å²) >= 11 is 0. The maximum atomic E-state index is 11.3. The first-order valence-corrected chi connectivity index (χ1v) is 8.55. The van der Waals surface area contributed by atoms with Gasteiger partial charge < -0.3 is 24.4 Å². The zero-order valence-corrected chi connectivity index (χ0v) is 15.5. The molecule has 2 aromatic rings. The molecule has 1 heterocycles. The van der Waals surface area contributed by atoms with E-state index in [2.05, 4.69) is 10.5 Å². The standard InChI is InChI=1S/C20H22N2O5/c1-13(23)21-16-6-4-5-7-18(16)26-12-15-11-17(22-27-15)14-8-9-19(24-2)20(10-14)25-3/h4-10,15H,11-12H2,1-3H3,(H,21,23)/t15-/m1/s1. The molecule has 0 fully saturated rings. The first-order chi connectivity index (χ1) is 13.1. The molecule has 0 aromatic heterocycles. The molecule has 1 amide bonds. The van der Waals surface area contributed by atoms with Gasteiger partial charge in [-0.05, 0) is 30.3 Å². The molecule has 7 heteroatoms. The van der Waals surface area contributed by atoms with Gasteiger partial charge in [0.05, 0.1) is 25.6 Å². The number of para-hydroxylation sites is 2. The molecule has 0 saturated heterocycles. The van der Waals surface area contributed by atoms with Gasteiger partial charge in [0.15, 0.2) is 17.6 Å². The Morgan fingerprint density at radius 2 is 1.93 bits per heavy atom. The number of nitrogens with zero attached hydrogens (tertiary/aromatic N) is 1. The normalized spacial score (nSPS) is 15.5. The molecular formula is C20H22N2O5. The van der Waals surface area contributed by atoms with Gasteiger partial charge >= 0.3 is 0 Å². The Morgan fingerprint density at radius 1 is 1.15 bits per heavy atom. The molecule has 3 rings (SSSR count). The number of methoxy groups -OCH3 is 2. The number of amides is 1. The van der Waals surface area contributed by atoms with Crippen LogP contribution in [0.25, 0.3) is 0 Å². The van der Waals surface area contributed by atoms with Gasteiger partial charge in [-0.1, -0.05) is 17.3 Å². The quantitative estimate of drug-likeness (QED) is 0.810. The van der Waals surface area contributed by atoms with Gasteiger partial charge in [0.1, 0.15) is 12.4 Å². The van der Waals surface area contributed by atoms with Crippen molar-refractivity contribution in [2.75, 3.05) is 26.1 Å². The lowest BCUT2D eigenvalue weighted by Crippen LogP contribution is -2.19. The number of carbonyl (C=O) groups excluding carboxylic acids is 1. The van der Waals surface area contributed by atoms with Crippen molar-refractivity contribution in [1.29, 1.82) is 0 Å². The number of hydrogen-bond acceptors (Lipinski definition) is 6. The minimum Gasteiger partial charge on any atom is -0.493 e. The molecule has 142 valence electrons. The predicted molar refractivity (Wildman–Crippen MR) is 102 cm³/mol.